The van der Waals surface area contributed by atoms with E-state index >= 15 is 0 Å². The summed E-state index contributed by atoms with van der Waals surface area (Å²) in [6.45, 7) is 9.01. The lowest BCUT2D eigenvalue weighted by atomic mass is 10.2. The van der Waals surface area contributed by atoms with E-state index in [1.54, 1.807) is 0 Å². The zero-order valence-corrected chi connectivity index (χ0v) is 11.0. The molecule has 2 saturated heterocycles. The van der Waals surface area contributed by atoms with Crippen molar-refractivity contribution >= 4 is 0 Å². The number of nitrogens with one attached hydrogen (secondary N) is 1. The lowest BCUT2D eigenvalue weighted by Gasteiger charge is -2.35. The molecule has 0 aromatic rings. The summed E-state index contributed by atoms with van der Waals surface area (Å²) in [6.07, 6.45) is 4.14. The van der Waals surface area contributed by atoms with E-state index in [2.05, 4.69) is 17.1 Å². The molecule has 0 radical (unpaired) electrons. The van der Waals surface area contributed by atoms with Crippen LogP contribution in [0.2, 0.25) is 0 Å². The number of fused-ring (bicyclic) bond motifs is 1. The van der Waals surface area contributed by atoms with Gasteiger partial charge in [-0.15, -0.1) is 0 Å². The zero-order chi connectivity index (χ0) is 11.9. The molecule has 0 bridgehead atoms. The molecule has 2 heterocycles. The fourth-order valence-corrected chi connectivity index (χ4v) is 2.66. The Morgan fingerprint density at radius 1 is 1.41 bits per heavy atom. The fraction of sp³-hybridized carbons (Fsp3) is 1.00. The van der Waals surface area contributed by atoms with Crippen LogP contribution >= 0.6 is 0 Å². The van der Waals surface area contributed by atoms with Crippen LogP contribution in [-0.2, 0) is 9.47 Å². The third kappa shape index (κ3) is 4.21. The maximum Gasteiger partial charge on any atom is 0.0827 e. The normalized spacial score (nSPS) is 29.5. The molecule has 17 heavy (non-hydrogen) atoms. The molecule has 4 nitrogen and oxygen atoms in total. The van der Waals surface area contributed by atoms with Gasteiger partial charge in [-0.25, -0.2) is 0 Å². The maximum absolute atomic E-state index is 5.87. The molecule has 1 N–H and O–H groups in total. The largest absolute Gasteiger partial charge is 0.380 e. The van der Waals surface area contributed by atoms with Crippen LogP contribution in [0.15, 0.2) is 0 Å². The molecule has 0 spiro atoms. The predicted octanol–water partition coefficient (Wildman–Crippen LogP) is 0.866. The minimum absolute atomic E-state index is 0.371. The SMILES string of the molecule is CCCOCCNCC1CN2CCCC2CO1. The van der Waals surface area contributed by atoms with Gasteiger partial charge in [0.05, 0.1) is 19.3 Å². The van der Waals surface area contributed by atoms with Gasteiger partial charge in [0.1, 0.15) is 0 Å². The first kappa shape index (κ1) is 13.3. The molecule has 2 rings (SSSR count). The summed E-state index contributed by atoms with van der Waals surface area (Å²) in [5, 5.41) is 3.42. The van der Waals surface area contributed by atoms with E-state index in [9.17, 15) is 0 Å². The van der Waals surface area contributed by atoms with Gasteiger partial charge in [-0.1, -0.05) is 6.92 Å². The summed E-state index contributed by atoms with van der Waals surface area (Å²) in [4.78, 5) is 2.59. The van der Waals surface area contributed by atoms with Gasteiger partial charge in [-0.05, 0) is 25.8 Å². The number of nitrogens with zero attached hydrogens (tertiary/aromatic N) is 1. The third-order valence-corrected chi connectivity index (χ3v) is 3.61. The van der Waals surface area contributed by atoms with Crippen LogP contribution in [0.5, 0.6) is 0 Å². The van der Waals surface area contributed by atoms with Crippen molar-refractivity contribution in [1.29, 1.82) is 0 Å². The number of rotatable bonds is 7. The summed E-state index contributed by atoms with van der Waals surface area (Å²) in [5.74, 6) is 0. The summed E-state index contributed by atoms with van der Waals surface area (Å²) in [5.41, 5.74) is 0. The molecule has 0 amide bonds. The van der Waals surface area contributed by atoms with Crippen LogP contribution in [0.4, 0.5) is 0 Å². The highest BCUT2D eigenvalue weighted by Gasteiger charge is 2.31. The lowest BCUT2D eigenvalue weighted by molar-refractivity contribution is -0.0473. The van der Waals surface area contributed by atoms with Crippen LogP contribution in [0.3, 0.4) is 0 Å². The maximum atomic E-state index is 5.87. The van der Waals surface area contributed by atoms with E-state index in [-0.39, 0.29) is 0 Å². The topological polar surface area (TPSA) is 33.7 Å². The van der Waals surface area contributed by atoms with Crippen molar-refractivity contribution in [3.63, 3.8) is 0 Å². The fourth-order valence-electron chi connectivity index (χ4n) is 2.66. The van der Waals surface area contributed by atoms with Crippen LogP contribution in [0.25, 0.3) is 0 Å². The predicted molar refractivity (Wildman–Crippen MR) is 68.3 cm³/mol. The first-order valence-electron chi connectivity index (χ1n) is 7.04. The van der Waals surface area contributed by atoms with Gasteiger partial charge in [0.25, 0.3) is 0 Å². The molecule has 2 fully saturated rings. The molecule has 2 aliphatic heterocycles. The molecule has 2 atom stereocenters. The smallest absolute Gasteiger partial charge is 0.0827 e. The Kier molecular flexibility index (Phi) is 5.71. The van der Waals surface area contributed by atoms with Crippen LogP contribution in [-0.4, -0.2) is 63.0 Å². The number of hydrogen-bond acceptors (Lipinski definition) is 4. The number of morpholine rings is 1. The second-order valence-corrected chi connectivity index (χ2v) is 5.06. The van der Waals surface area contributed by atoms with E-state index in [0.29, 0.717) is 12.1 Å². The molecule has 2 aliphatic rings. The highest BCUT2D eigenvalue weighted by atomic mass is 16.5. The molecule has 0 aromatic carbocycles. The Bertz CT molecular complexity index is 214. The van der Waals surface area contributed by atoms with Crippen molar-refractivity contribution in [2.75, 3.05) is 46.0 Å². The van der Waals surface area contributed by atoms with Crippen molar-refractivity contribution in [2.24, 2.45) is 0 Å². The van der Waals surface area contributed by atoms with Crippen LogP contribution in [0, 0.1) is 0 Å². The van der Waals surface area contributed by atoms with E-state index in [1.165, 1.54) is 19.4 Å². The number of ether oxygens (including phenoxy) is 2. The Morgan fingerprint density at radius 2 is 2.35 bits per heavy atom. The van der Waals surface area contributed by atoms with Crippen molar-refractivity contribution in [3.05, 3.63) is 0 Å². The minimum atomic E-state index is 0.371. The monoisotopic (exact) mass is 242 g/mol. The highest BCUT2D eigenvalue weighted by molar-refractivity contribution is 4.85. The highest BCUT2D eigenvalue weighted by Crippen LogP contribution is 2.22. The molecule has 4 heteroatoms. The average molecular weight is 242 g/mol. The van der Waals surface area contributed by atoms with Crippen LogP contribution < -0.4 is 5.32 Å². The minimum Gasteiger partial charge on any atom is -0.380 e. The molecular formula is C13H26N2O2. The van der Waals surface area contributed by atoms with Crippen molar-refractivity contribution in [1.82, 2.24) is 10.2 Å². The van der Waals surface area contributed by atoms with Crippen LogP contribution in [0.1, 0.15) is 26.2 Å². The molecule has 2 unspecified atom stereocenters. The second-order valence-electron chi connectivity index (χ2n) is 5.06. The van der Waals surface area contributed by atoms with Crippen molar-refractivity contribution in [2.45, 2.75) is 38.3 Å². The Balaban J connectivity index is 1.51. The van der Waals surface area contributed by atoms with E-state index in [1.807, 2.05) is 0 Å². The van der Waals surface area contributed by atoms with E-state index < -0.39 is 0 Å². The first-order valence-corrected chi connectivity index (χ1v) is 7.04. The Labute approximate surface area is 105 Å². The zero-order valence-electron chi connectivity index (χ0n) is 11.0. The van der Waals surface area contributed by atoms with Gasteiger partial charge < -0.3 is 14.8 Å². The summed E-state index contributed by atoms with van der Waals surface area (Å²) >= 11 is 0. The summed E-state index contributed by atoms with van der Waals surface area (Å²) in [7, 11) is 0. The Morgan fingerprint density at radius 3 is 3.24 bits per heavy atom. The first-order chi connectivity index (χ1) is 8.40. The molecule has 0 aliphatic carbocycles. The molecule has 100 valence electrons. The molecule has 0 aromatic heterocycles. The lowest BCUT2D eigenvalue weighted by Crippen LogP contribution is -2.49. The standard InChI is InChI=1S/C13H26N2O2/c1-2-7-16-8-5-14-9-13-10-15-6-3-4-12(15)11-17-13/h12-14H,2-11H2,1H3. The average Bonchev–Trinajstić information content (AvgIpc) is 2.81. The summed E-state index contributed by atoms with van der Waals surface area (Å²) < 4.78 is 11.3. The second kappa shape index (κ2) is 7.31. The molecule has 0 saturated carbocycles. The van der Waals surface area contributed by atoms with E-state index in [4.69, 9.17) is 9.47 Å². The van der Waals surface area contributed by atoms with Crippen molar-refractivity contribution in [3.8, 4) is 0 Å². The van der Waals surface area contributed by atoms with E-state index in [0.717, 1.165) is 45.9 Å². The van der Waals surface area contributed by atoms with Gasteiger partial charge in [-0.3, -0.25) is 4.90 Å². The molecular weight excluding hydrogens is 216 g/mol. The summed E-state index contributed by atoms with van der Waals surface area (Å²) in [6, 6.07) is 0.708. The number of hydrogen-bond donors (Lipinski definition) is 1. The quantitative estimate of drug-likeness (QED) is 0.672. The van der Waals surface area contributed by atoms with Gasteiger partial charge in [0.2, 0.25) is 0 Å². The van der Waals surface area contributed by atoms with Crippen molar-refractivity contribution < 1.29 is 9.47 Å². The Hall–Kier alpha value is -0.160. The third-order valence-electron chi connectivity index (χ3n) is 3.61. The van der Waals surface area contributed by atoms with Gasteiger partial charge in [0.15, 0.2) is 0 Å². The van der Waals surface area contributed by atoms with Gasteiger partial charge in [-0.2, -0.15) is 0 Å². The van der Waals surface area contributed by atoms with Gasteiger partial charge in [0, 0.05) is 32.3 Å². The van der Waals surface area contributed by atoms with Gasteiger partial charge >= 0.3 is 0 Å².